The first kappa shape index (κ1) is 18.1. The summed E-state index contributed by atoms with van der Waals surface area (Å²) in [5.74, 6) is -0.399. The van der Waals surface area contributed by atoms with E-state index in [4.69, 9.17) is 4.74 Å². The summed E-state index contributed by atoms with van der Waals surface area (Å²) in [6.07, 6.45) is 3.72. The van der Waals surface area contributed by atoms with Crippen LogP contribution in [0.5, 0.6) is 0 Å². The van der Waals surface area contributed by atoms with Crippen LogP contribution in [0.25, 0.3) is 0 Å². The van der Waals surface area contributed by atoms with Crippen molar-refractivity contribution < 1.29 is 14.3 Å². The summed E-state index contributed by atoms with van der Waals surface area (Å²) in [6, 6.07) is 14.5. The van der Waals surface area contributed by atoms with Crippen LogP contribution in [0.2, 0.25) is 0 Å². The number of carbonyl (C=O) groups excluding carboxylic acids is 2. The number of aromatic nitrogens is 1. The monoisotopic (exact) mass is 353 g/mol. The molecule has 0 aliphatic carbocycles. The molecule has 1 aromatic heterocycles. The molecule has 1 aromatic carbocycles. The molecular formula is C20H23N3O3. The van der Waals surface area contributed by atoms with E-state index >= 15 is 0 Å². The standard InChI is InChI=1S/C20H23N3O3/c24-19(13-22-20(25)16-7-2-1-3-8-16)23(15-18-10-6-12-26-18)14-17-9-4-5-11-21-17/h1-5,7-9,11,18H,6,10,12-15H2,(H,22,25)/t18-/m1/s1. The number of nitrogens with zero attached hydrogens (tertiary/aromatic N) is 2. The van der Waals surface area contributed by atoms with Gasteiger partial charge in [-0.2, -0.15) is 0 Å². The van der Waals surface area contributed by atoms with Crippen LogP contribution in [0, 0.1) is 0 Å². The molecule has 0 spiro atoms. The minimum Gasteiger partial charge on any atom is -0.376 e. The van der Waals surface area contributed by atoms with Crippen molar-refractivity contribution >= 4 is 11.8 Å². The summed E-state index contributed by atoms with van der Waals surface area (Å²) in [5, 5.41) is 2.70. The molecule has 1 aliphatic rings. The predicted molar refractivity (Wildman–Crippen MR) is 97.4 cm³/mol. The second-order valence-electron chi connectivity index (χ2n) is 6.28. The third-order valence-electron chi connectivity index (χ3n) is 4.32. The van der Waals surface area contributed by atoms with Crippen molar-refractivity contribution in [3.8, 4) is 0 Å². The molecule has 26 heavy (non-hydrogen) atoms. The number of nitrogens with one attached hydrogen (secondary N) is 1. The molecule has 1 fully saturated rings. The van der Waals surface area contributed by atoms with Crippen molar-refractivity contribution in [2.75, 3.05) is 19.7 Å². The van der Waals surface area contributed by atoms with Crippen LogP contribution in [0.4, 0.5) is 0 Å². The Morgan fingerprint density at radius 2 is 1.96 bits per heavy atom. The van der Waals surface area contributed by atoms with Gasteiger partial charge >= 0.3 is 0 Å². The number of pyridine rings is 1. The highest BCUT2D eigenvalue weighted by molar-refractivity contribution is 5.96. The van der Waals surface area contributed by atoms with Crippen LogP contribution in [0.1, 0.15) is 28.9 Å². The summed E-state index contributed by atoms with van der Waals surface area (Å²) in [5.41, 5.74) is 1.35. The molecule has 3 rings (SSSR count). The highest BCUT2D eigenvalue weighted by atomic mass is 16.5. The quantitative estimate of drug-likeness (QED) is 0.827. The fraction of sp³-hybridized carbons (Fsp3) is 0.350. The molecule has 6 heteroatoms. The molecule has 1 N–H and O–H groups in total. The van der Waals surface area contributed by atoms with Crippen molar-refractivity contribution in [3.05, 3.63) is 66.0 Å². The second kappa shape index (κ2) is 9.10. The maximum Gasteiger partial charge on any atom is 0.251 e. The van der Waals surface area contributed by atoms with Gasteiger partial charge in [0.1, 0.15) is 0 Å². The van der Waals surface area contributed by atoms with Crippen LogP contribution in [0.3, 0.4) is 0 Å². The first-order valence-electron chi connectivity index (χ1n) is 8.85. The summed E-state index contributed by atoms with van der Waals surface area (Å²) in [4.78, 5) is 30.9. The normalized spacial score (nSPS) is 16.2. The molecule has 6 nitrogen and oxygen atoms in total. The molecule has 1 saturated heterocycles. The van der Waals surface area contributed by atoms with Crippen LogP contribution >= 0.6 is 0 Å². The fourth-order valence-corrected chi connectivity index (χ4v) is 2.94. The highest BCUT2D eigenvalue weighted by Gasteiger charge is 2.23. The SMILES string of the molecule is O=C(NCC(=O)N(Cc1ccccn1)C[C@H]1CCCO1)c1ccccc1. The zero-order valence-corrected chi connectivity index (χ0v) is 14.6. The number of hydrogen-bond acceptors (Lipinski definition) is 4. The van der Waals surface area contributed by atoms with Crippen molar-refractivity contribution in [2.24, 2.45) is 0 Å². The van der Waals surface area contributed by atoms with E-state index in [0.29, 0.717) is 18.7 Å². The summed E-state index contributed by atoms with van der Waals surface area (Å²) in [7, 11) is 0. The van der Waals surface area contributed by atoms with Gasteiger partial charge in [0.25, 0.3) is 5.91 Å². The van der Waals surface area contributed by atoms with Gasteiger partial charge in [-0.1, -0.05) is 24.3 Å². The summed E-state index contributed by atoms with van der Waals surface area (Å²) >= 11 is 0. The molecule has 0 radical (unpaired) electrons. The predicted octanol–water partition coefficient (Wildman–Crippen LogP) is 2.02. The fourth-order valence-electron chi connectivity index (χ4n) is 2.94. The molecular weight excluding hydrogens is 330 g/mol. The first-order chi connectivity index (χ1) is 12.7. The van der Waals surface area contributed by atoms with Gasteiger partial charge in [-0.25, -0.2) is 0 Å². The maximum atomic E-state index is 12.7. The van der Waals surface area contributed by atoms with Crippen LogP contribution in [-0.2, 0) is 16.1 Å². The van der Waals surface area contributed by atoms with Gasteiger partial charge in [-0.3, -0.25) is 14.6 Å². The van der Waals surface area contributed by atoms with Gasteiger partial charge in [-0.05, 0) is 37.1 Å². The van der Waals surface area contributed by atoms with E-state index in [9.17, 15) is 9.59 Å². The lowest BCUT2D eigenvalue weighted by molar-refractivity contribution is -0.132. The number of hydrogen-bond donors (Lipinski definition) is 1. The Balaban J connectivity index is 1.60. The Kier molecular flexibility index (Phi) is 6.33. The van der Waals surface area contributed by atoms with Gasteiger partial charge in [0.05, 0.1) is 24.9 Å². The van der Waals surface area contributed by atoms with Crippen LogP contribution in [0.15, 0.2) is 54.7 Å². The maximum absolute atomic E-state index is 12.7. The van der Waals surface area contributed by atoms with E-state index in [1.54, 1.807) is 35.4 Å². The average Bonchev–Trinajstić information content (AvgIpc) is 3.20. The van der Waals surface area contributed by atoms with E-state index in [0.717, 1.165) is 25.1 Å². The lowest BCUT2D eigenvalue weighted by Gasteiger charge is -2.25. The molecule has 0 unspecified atom stereocenters. The Labute approximate surface area is 153 Å². The van der Waals surface area contributed by atoms with Gasteiger partial charge in [0.2, 0.25) is 5.91 Å². The Bertz CT molecular complexity index is 716. The number of amides is 2. The summed E-state index contributed by atoms with van der Waals surface area (Å²) in [6.45, 7) is 1.60. The minimum atomic E-state index is -0.256. The van der Waals surface area contributed by atoms with Gasteiger partial charge in [0, 0.05) is 24.9 Å². The van der Waals surface area contributed by atoms with Crippen molar-refractivity contribution in [3.63, 3.8) is 0 Å². The molecule has 1 atom stereocenters. The van der Waals surface area contributed by atoms with E-state index in [1.165, 1.54) is 0 Å². The number of ether oxygens (including phenoxy) is 1. The van der Waals surface area contributed by atoms with Crippen molar-refractivity contribution in [1.82, 2.24) is 15.2 Å². The minimum absolute atomic E-state index is 0.0483. The Morgan fingerprint density at radius 1 is 1.15 bits per heavy atom. The molecule has 2 aromatic rings. The third kappa shape index (κ3) is 5.13. The zero-order valence-electron chi connectivity index (χ0n) is 14.6. The Morgan fingerprint density at radius 3 is 2.65 bits per heavy atom. The molecule has 0 saturated carbocycles. The smallest absolute Gasteiger partial charge is 0.251 e. The van der Waals surface area contributed by atoms with Gasteiger partial charge in [-0.15, -0.1) is 0 Å². The van der Waals surface area contributed by atoms with E-state index in [1.807, 2.05) is 24.3 Å². The number of rotatable bonds is 7. The molecule has 136 valence electrons. The van der Waals surface area contributed by atoms with Crippen LogP contribution < -0.4 is 5.32 Å². The average molecular weight is 353 g/mol. The molecule has 2 heterocycles. The zero-order chi connectivity index (χ0) is 18.2. The highest BCUT2D eigenvalue weighted by Crippen LogP contribution is 2.15. The third-order valence-corrected chi connectivity index (χ3v) is 4.32. The van der Waals surface area contributed by atoms with Gasteiger partial charge in [0.15, 0.2) is 0 Å². The molecule has 1 aliphatic heterocycles. The van der Waals surface area contributed by atoms with Crippen molar-refractivity contribution in [1.29, 1.82) is 0 Å². The lowest BCUT2D eigenvalue weighted by atomic mass is 10.2. The lowest BCUT2D eigenvalue weighted by Crippen LogP contribution is -2.43. The number of benzene rings is 1. The first-order valence-corrected chi connectivity index (χ1v) is 8.85. The van der Waals surface area contributed by atoms with Crippen LogP contribution in [-0.4, -0.2) is 47.5 Å². The topological polar surface area (TPSA) is 71.5 Å². The van der Waals surface area contributed by atoms with Gasteiger partial charge < -0.3 is 15.0 Å². The van der Waals surface area contributed by atoms with Crippen molar-refractivity contribution in [2.45, 2.75) is 25.5 Å². The largest absolute Gasteiger partial charge is 0.376 e. The Hall–Kier alpha value is -2.73. The summed E-state index contributed by atoms with van der Waals surface area (Å²) < 4.78 is 5.66. The van der Waals surface area contributed by atoms with E-state index in [-0.39, 0.29) is 24.5 Å². The molecule has 0 bridgehead atoms. The van der Waals surface area contributed by atoms with E-state index in [2.05, 4.69) is 10.3 Å². The number of carbonyl (C=O) groups is 2. The molecule has 2 amide bonds. The second-order valence-corrected chi connectivity index (χ2v) is 6.28. The van der Waals surface area contributed by atoms with E-state index < -0.39 is 0 Å².